The first-order valence-corrected chi connectivity index (χ1v) is 45.5. The lowest BCUT2D eigenvalue weighted by atomic mass is 10.0. The van der Waals surface area contributed by atoms with Crippen LogP contribution >= 0.6 is 127 Å². The Morgan fingerprint density at radius 3 is 1.12 bits per heavy atom. The minimum Gasteiger partial charge on any atom is -0.497 e. The smallest absolute Gasteiger partial charge is 0.249 e. The number of aliphatic hydroxyl groups excluding tert-OH is 2. The van der Waals surface area contributed by atoms with Gasteiger partial charge in [-0.25, -0.2) is 0 Å². The van der Waals surface area contributed by atoms with E-state index in [1.54, 1.807) is 19.2 Å². The number of ether oxygens (including phenoxy) is 5. The van der Waals surface area contributed by atoms with Gasteiger partial charge < -0.3 is 44.1 Å². The van der Waals surface area contributed by atoms with Gasteiger partial charge in [0, 0.05) is 88.6 Å². The number of rotatable bonds is 20. The number of carbonyl (C=O) groups is 2. The topological polar surface area (TPSA) is 146 Å². The lowest BCUT2D eigenvalue weighted by molar-refractivity contribution is -0.152. The van der Waals surface area contributed by atoms with E-state index in [1.807, 2.05) is 150 Å². The van der Waals surface area contributed by atoms with Crippen LogP contribution in [0.2, 0.25) is 0 Å². The minimum atomic E-state index is -0.487. The molecule has 0 unspecified atom stereocenters. The lowest BCUT2D eigenvalue weighted by Gasteiger charge is -2.37. The number of benzene rings is 11. The van der Waals surface area contributed by atoms with E-state index in [2.05, 4.69) is 304 Å². The molecule has 4 aliphatic rings. The number of epoxide rings is 1. The van der Waals surface area contributed by atoms with Gasteiger partial charge in [-0.2, -0.15) is 0 Å². The molecule has 4 aliphatic heterocycles. The molecule has 0 bridgehead atoms. The quantitative estimate of drug-likeness (QED) is 0.0379. The SMILES string of the molecule is Brc1ccc([C@H]2CO2)cc1.COc1ccc([C@H]2CN([C@H](C)c3ccccc3)CCO2)cc1.C[C@@H](NC[C@@H](O)c1ccc(Br)cc1)c1ccccc1.C[C@H](c1ccccc1)N1CCO[C@@H](c2ccc(Br)cc2)C1.C[C@H](c1ccccc1)N1C[C@H](c2ccc(Br)cc2)OCC1=O.O=C(CBr)c1ccc(Br)cc1.O[C@H](CBr)c1ccc(Br)cc1. The van der Waals surface area contributed by atoms with Crippen LogP contribution in [0, 0.1) is 0 Å². The van der Waals surface area contributed by atoms with Gasteiger partial charge in [-0.05, 0) is 168 Å². The van der Waals surface area contributed by atoms with Gasteiger partial charge in [0.15, 0.2) is 5.78 Å². The summed E-state index contributed by atoms with van der Waals surface area (Å²) in [6, 6.07) is 98.5. The number of alkyl halides is 2. The maximum Gasteiger partial charge on any atom is 0.249 e. The molecule has 116 heavy (non-hydrogen) atoms. The van der Waals surface area contributed by atoms with Crippen LogP contribution in [0.3, 0.4) is 0 Å². The Morgan fingerprint density at radius 2 is 0.750 bits per heavy atom. The number of methoxy groups -OCH3 is 1. The van der Waals surface area contributed by atoms with Crippen molar-refractivity contribution in [2.24, 2.45) is 0 Å². The predicted octanol–water partition coefficient (Wildman–Crippen LogP) is 24.8. The van der Waals surface area contributed by atoms with Crippen LogP contribution in [-0.4, -0.2) is 120 Å². The van der Waals surface area contributed by atoms with Gasteiger partial charge >= 0.3 is 0 Å². The largest absolute Gasteiger partial charge is 0.497 e. The number of halogens is 8. The lowest BCUT2D eigenvalue weighted by Crippen LogP contribution is -2.44. The Morgan fingerprint density at radius 1 is 0.414 bits per heavy atom. The van der Waals surface area contributed by atoms with E-state index < -0.39 is 12.2 Å². The number of amides is 1. The van der Waals surface area contributed by atoms with Crippen LogP contribution in [0.5, 0.6) is 5.75 Å². The zero-order valence-corrected chi connectivity index (χ0v) is 78.3. The van der Waals surface area contributed by atoms with Crippen molar-refractivity contribution >= 4 is 139 Å². The fourth-order valence-corrected chi connectivity index (χ4v) is 15.2. The second-order valence-corrected chi connectivity index (χ2v) is 34.7. The summed E-state index contributed by atoms with van der Waals surface area (Å²) in [5.74, 6) is 1.04. The third-order valence-corrected chi connectivity index (χ3v) is 24.4. The van der Waals surface area contributed by atoms with Crippen molar-refractivity contribution in [3.8, 4) is 5.75 Å². The molecule has 13 nitrogen and oxygen atoms in total. The third kappa shape index (κ3) is 31.1. The van der Waals surface area contributed by atoms with E-state index in [0.29, 0.717) is 41.9 Å². The number of Topliss-reactive ketones (excluding diaryl/α,β-unsaturated/α-hetero) is 1. The highest BCUT2D eigenvalue weighted by molar-refractivity contribution is 9.11. The second kappa shape index (κ2) is 50.2. The molecule has 4 saturated heterocycles. The molecular weight excluding hydrogens is 1980 g/mol. The monoisotopic (exact) mass is 2070 g/mol. The van der Waals surface area contributed by atoms with Crippen molar-refractivity contribution in [1.82, 2.24) is 20.0 Å². The average Bonchev–Trinajstić information content (AvgIpc) is 1.28. The van der Waals surface area contributed by atoms with Crippen LogP contribution in [0.4, 0.5) is 0 Å². The van der Waals surface area contributed by atoms with Gasteiger partial charge in [0.1, 0.15) is 24.6 Å². The van der Waals surface area contributed by atoms with Gasteiger partial charge in [0.05, 0.1) is 69.3 Å². The van der Waals surface area contributed by atoms with E-state index in [4.69, 9.17) is 23.7 Å². The number of aliphatic hydroxyl groups is 2. The van der Waals surface area contributed by atoms with Crippen LogP contribution < -0.4 is 10.1 Å². The molecule has 10 atom stereocenters. The molecule has 0 aromatic heterocycles. The minimum absolute atomic E-state index is 0.0460. The van der Waals surface area contributed by atoms with Gasteiger partial charge in [0.25, 0.3) is 0 Å². The Balaban J connectivity index is 0.000000158. The van der Waals surface area contributed by atoms with Gasteiger partial charge in [-0.3, -0.25) is 19.4 Å². The van der Waals surface area contributed by atoms with E-state index in [9.17, 15) is 19.8 Å². The molecule has 11 aromatic rings. The molecule has 11 aromatic carbocycles. The van der Waals surface area contributed by atoms with Crippen molar-refractivity contribution in [2.45, 2.75) is 88.5 Å². The van der Waals surface area contributed by atoms with Gasteiger partial charge in [0.2, 0.25) is 5.91 Å². The van der Waals surface area contributed by atoms with E-state index in [0.717, 1.165) is 106 Å². The molecule has 4 heterocycles. The third-order valence-electron chi connectivity index (χ3n) is 20.1. The van der Waals surface area contributed by atoms with Crippen LogP contribution in [0.25, 0.3) is 0 Å². The van der Waals surface area contributed by atoms with Crippen molar-refractivity contribution in [1.29, 1.82) is 0 Å². The molecular formula is C95H100Br8N4O9. The highest BCUT2D eigenvalue weighted by Crippen LogP contribution is 2.35. The fourth-order valence-electron chi connectivity index (χ4n) is 12.9. The summed E-state index contributed by atoms with van der Waals surface area (Å²) < 4.78 is 34.3. The maximum atomic E-state index is 12.2. The van der Waals surface area contributed by atoms with Crippen molar-refractivity contribution < 1.29 is 43.5 Å². The summed E-state index contributed by atoms with van der Waals surface area (Å²) in [5, 5.41) is 23.8. The Labute approximate surface area is 752 Å². The molecule has 1 amide bonds. The number of hydrogen-bond acceptors (Lipinski definition) is 12. The summed E-state index contributed by atoms with van der Waals surface area (Å²) >= 11 is 26.6. The van der Waals surface area contributed by atoms with Crippen molar-refractivity contribution in [2.75, 3.05) is 83.5 Å². The fraction of sp³-hybridized carbons (Fsp3) is 0.284. The average molecular weight is 2080 g/mol. The predicted molar refractivity (Wildman–Crippen MR) is 497 cm³/mol. The number of nitrogens with one attached hydrogen (secondary N) is 1. The highest BCUT2D eigenvalue weighted by Gasteiger charge is 2.32. The van der Waals surface area contributed by atoms with Crippen molar-refractivity contribution in [3.05, 3.63) is 379 Å². The van der Waals surface area contributed by atoms with E-state index >= 15 is 0 Å². The summed E-state index contributed by atoms with van der Waals surface area (Å²) in [7, 11) is 1.69. The number of carbonyl (C=O) groups excluding carboxylic acids is 2. The van der Waals surface area contributed by atoms with Crippen LogP contribution in [0.1, 0.15) is 154 Å². The van der Waals surface area contributed by atoms with Gasteiger partial charge in [-0.1, -0.05) is 334 Å². The molecule has 0 aliphatic carbocycles. The first kappa shape index (κ1) is 93.7. The molecule has 0 radical (unpaired) electrons. The Kier molecular flexibility index (Phi) is 40.5. The van der Waals surface area contributed by atoms with Crippen LogP contribution in [-0.2, 0) is 23.7 Å². The Hall–Kier alpha value is -6.16. The molecule has 21 heteroatoms. The molecule has 610 valence electrons. The van der Waals surface area contributed by atoms with E-state index in [-0.39, 0.29) is 48.7 Å². The summed E-state index contributed by atoms with van der Waals surface area (Å²) in [4.78, 5) is 30.2. The maximum absolute atomic E-state index is 12.2. The first-order valence-electron chi connectivity index (χ1n) is 38.5. The summed E-state index contributed by atoms with van der Waals surface area (Å²) in [5.41, 5.74) is 12.5. The standard InChI is InChI=1S/C19H23NO2.C18H18BrNO2.C18H20BrNO.C16H18BrNO.C8H8Br2O.C8H6Br2O.C8H7BrO/c1-15(16-6-4-3-5-7-16)20-12-13-22-19(14-20)17-8-10-18(21-2)11-9-17;1-13(14-5-3-2-4-6-14)20-11-17(22-12-18(20)21)15-7-9-16(19)10-8-15;1-14(15-5-3-2-4-6-15)20-11-12-21-18(13-20)16-7-9-17(19)10-8-16;1-12(13-5-3-2-4-6-13)18-11-16(19)14-7-9-15(17)10-8-14;2*9-5-8(11)6-1-3-7(10)4-2-6;9-7-3-1-6(2-4-7)8-5-10-8/h3-11,15,19H,12-14H2,1-2H3;2-10,13,17H,11-12H2,1H3;2-10,14,18H,11-13H2,1H3;2-10,12,16,18-19H,11H2,1H3;1-4,8,11H,5H2;1-4H,5H2;1-4,8H,5H2/t15-,19-;13-,17-;14-,18-;12-,16-;8-;;8-/m11111.1/s1. The van der Waals surface area contributed by atoms with Crippen molar-refractivity contribution in [3.63, 3.8) is 0 Å². The highest BCUT2D eigenvalue weighted by atomic mass is 79.9. The van der Waals surface area contributed by atoms with Gasteiger partial charge in [-0.15, -0.1) is 0 Å². The number of nitrogens with zero attached hydrogens (tertiary/aromatic N) is 3. The van der Waals surface area contributed by atoms with Crippen LogP contribution in [0.15, 0.2) is 318 Å². The zero-order valence-electron chi connectivity index (χ0n) is 65.6. The number of ketones is 1. The first-order chi connectivity index (χ1) is 56.2. The normalized spacial score (nSPS) is 17.9. The zero-order chi connectivity index (χ0) is 82.7. The second-order valence-electron chi connectivity index (χ2n) is 28.0. The molecule has 0 saturated carbocycles. The molecule has 4 fully saturated rings. The number of hydrogen-bond donors (Lipinski definition) is 3. The number of morpholine rings is 3. The molecule has 0 spiro atoms. The summed E-state index contributed by atoms with van der Waals surface area (Å²) in [6.07, 6.45) is -0.281. The molecule has 15 rings (SSSR count). The van der Waals surface area contributed by atoms with E-state index in [1.165, 1.54) is 33.4 Å². The Bertz CT molecular complexity index is 4620. The summed E-state index contributed by atoms with van der Waals surface area (Å²) in [6.45, 7) is 16.2. The molecule has 3 N–H and O–H groups in total.